The van der Waals surface area contributed by atoms with Gasteiger partial charge in [-0.3, -0.25) is 9.79 Å². The molecule has 0 bridgehead atoms. The lowest BCUT2D eigenvalue weighted by Gasteiger charge is -2.34. The van der Waals surface area contributed by atoms with E-state index in [0.717, 1.165) is 40.6 Å². The van der Waals surface area contributed by atoms with Crippen molar-refractivity contribution < 1.29 is 28.5 Å². The molecule has 1 spiro atoms. The fourth-order valence-corrected chi connectivity index (χ4v) is 8.74. The van der Waals surface area contributed by atoms with Crippen molar-refractivity contribution in [2.75, 3.05) is 46.6 Å². The number of ether oxygens (including phenoxy) is 4. The van der Waals surface area contributed by atoms with Crippen LogP contribution in [0.2, 0.25) is 0 Å². The van der Waals surface area contributed by atoms with E-state index in [1.807, 2.05) is 12.4 Å². The van der Waals surface area contributed by atoms with Crippen molar-refractivity contribution in [3.8, 4) is 22.4 Å². The molecule has 12 heteroatoms. The molecule has 1 aromatic heterocycles. The Labute approximate surface area is 314 Å². The van der Waals surface area contributed by atoms with Crippen LogP contribution >= 0.6 is 0 Å². The third-order valence-corrected chi connectivity index (χ3v) is 11.7. The van der Waals surface area contributed by atoms with Crippen LogP contribution in [0.4, 0.5) is 4.79 Å². The summed E-state index contributed by atoms with van der Waals surface area (Å²) in [6, 6.07) is 21.0. The molecule has 4 saturated heterocycles. The van der Waals surface area contributed by atoms with Crippen LogP contribution in [0.25, 0.3) is 38.7 Å². The van der Waals surface area contributed by atoms with Crippen molar-refractivity contribution in [2.45, 2.75) is 62.4 Å². The highest BCUT2D eigenvalue weighted by molar-refractivity contribution is 6.01. The number of carbonyl (C=O) groups excluding carboxylic acids is 2. The molecule has 4 aromatic rings. The van der Waals surface area contributed by atoms with Gasteiger partial charge in [-0.05, 0) is 83.3 Å². The average Bonchev–Trinajstić information content (AvgIpc) is 4.08. The Morgan fingerprint density at radius 3 is 2.39 bits per heavy atom. The number of likely N-dealkylation sites (tertiary alicyclic amines) is 1. The Kier molecular flexibility index (Phi) is 9.52. The van der Waals surface area contributed by atoms with Gasteiger partial charge in [0.25, 0.3) is 0 Å². The van der Waals surface area contributed by atoms with Gasteiger partial charge in [-0.2, -0.15) is 0 Å². The standard InChI is InChI=1S/C42H46N6O6/c1-51-41(50)47-38(28-12-15-52-16-13-28)40(49)48-25-42(53-17-18-54-42)22-37(48)39-45-24-36(46-39)32-11-10-30-19-29(8-9-31(30)20-32)26-4-6-27(7-5-26)33-21-35(44-23-33)34-3-2-14-43-34/h4-11,19-20,23-24,28,34,37-38,43H,2-3,12-18,21-22,25H2,1H3,(H,45,46)(H,47,50)/t34?,37-,38?/m0/s1. The number of allylic oxidation sites excluding steroid dienone is 1. The van der Waals surface area contributed by atoms with Gasteiger partial charge in [0.2, 0.25) is 5.91 Å². The molecule has 5 aliphatic heterocycles. The lowest BCUT2D eigenvalue weighted by molar-refractivity contribution is -0.154. The third kappa shape index (κ3) is 6.83. The van der Waals surface area contributed by atoms with Gasteiger partial charge in [-0.25, -0.2) is 9.78 Å². The monoisotopic (exact) mass is 730 g/mol. The van der Waals surface area contributed by atoms with Crippen LogP contribution in [0.15, 0.2) is 78.1 Å². The number of aromatic amines is 1. The molecule has 9 rings (SSSR count). The van der Waals surface area contributed by atoms with E-state index >= 15 is 0 Å². The lowest BCUT2D eigenvalue weighted by Crippen LogP contribution is -2.54. The number of alkyl carbamates (subject to hydrolysis) is 1. The molecule has 54 heavy (non-hydrogen) atoms. The minimum Gasteiger partial charge on any atom is -0.453 e. The molecular formula is C42H46N6O6. The molecule has 6 heterocycles. The molecule has 3 N–H and O–H groups in total. The number of hydrogen-bond acceptors (Lipinski definition) is 9. The highest BCUT2D eigenvalue weighted by Gasteiger charge is 2.53. The SMILES string of the molecule is COC(=O)NC(C(=O)N1CC2(C[C@H]1c1ncc(-c3ccc4cc(-c5ccc(C6=CN=C(C7CCCN7)C6)cc5)ccc4c3)[nH]1)OCCO2)C1CCOCC1. The Morgan fingerprint density at radius 1 is 0.926 bits per heavy atom. The first kappa shape index (κ1) is 34.9. The number of aromatic nitrogens is 2. The summed E-state index contributed by atoms with van der Waals surface area (Å²) in [5.74, 6) is -0.575. The van der Waals surface area contributed by atoms with Gasteiger partial charge in [0.05, 0.1) is 44.8 Å². The van der Waals surface area contributed by atoms with E-state index in [1.54, 1.807) is 4.90 Å². The van der Waals surface area contributed by atoms with Crippen LogP contribution in [0.3, 0.4) is 0 Å². The summed E-state index contributed by atoms with van der Waals surface area (Å²) in [5, 5.41) is 8.64. The van der Waals surface area contributed by atoms with E-state index in [4.69, 9.17) is 28.9 Å². The smallest absolute Gasteiger partial charge is 0.407 e. The number of H-pyrrole nitrogens is 1. The van der Waals surface area contributed by atoms with Crippen molar-refractivity contribution >= 4 is 34.1 Å². The maximum atomic E-state index is 14.4. The molecular weight excluding hydrogens is 684 g/mol. The number of benzene rings is 3. The Morgan fingerprint density at radius 2 is 1.65 bits per heavy atom. The second-order valence-corrected chi connectivity index (χ2v) is 15.0. The molecule has 280 valence electrons. The quantitative estimate of drug-likeness (QED) is 0.201. The summed E-state index contributed by atoms with van der Waals surface area (Å²) >= 11 is 0. The highest BCUT2D eigenvalue weighted by Crippen LogP contribution is 2.43. The van der Waals surface area contributed by atoms with Crippen LogP contribution in [0, 0.1) is 5.92 Å². The molecule has 5 aliphatic rings. The summed E-state index contributed by atoms with van der Waals surface area (Å²) in [6.07, 6.45) is 8.27. The zero-order chi connectivity index (χ0) is 36.6. The molecule has 0 saturated carbocycles. The summed E-state index contributed by atoms with van der Waals surface area (Å²) in [7, 11) is 1.30. The van der Waals surface area contributed by atoms with E-state index < -0.39 is 24.0 Å². The predicted molar refractivity (Wildman–Crippen MR) is 205 cm³/mol. The zero-order valence-corrected chi connectivity index (χ0v) is 30.5. The first-order valence-corrected chi connectivity index (χ1v) is 19.1. The second-order valence-electron chi connectivity index (χ2n) is 15.0. The fraction of sp³-hybridized carbons (Fsp3) is 0.429. The maximum absolute atomic E-state index is 14.4. The van der Waals surface area contributed by atoms with E-state index in [-0.39, 0.29) is 18.4 Å². The predicted octanol–water partition coefficient (Wildman–Crippen LogP) is 6.00. The average molecular weight is 731 g/mol. The van der Waals surface area contributed by atoms with Gasteiger partial charge in [-0.15, -0.1) is 0 Å². The largest absolute Gasteiger partial charge is 0.453 e. The summed E-state index contributed by atoms with van der Waals surface area (Å²) in [6.45, 7) is 3.30. The minimum absolute atomic E-state index is 0.0882. The lowest BCUT2D eigenvalue weighted by atomic mass is 9.90. The summed E-state index contributed by atoms with van der Waals surface area (Å²) in [4.78, 5) is 41.6. The second kappa shape index (κ2) is 14.7. The molecule has 3 aromatic carbocycles. The first-order chi connectivity index (χ1) is 26.4. The van der Waals surface area contributed by atoms with Crippen molar-refractivity contribution in [1.29, 1.82) is 0 Å². The highest BCUT2D eigenvalue weighted by atomic mass is 16.7. The van der Waals surface area contributed by atoms with E-state index in [1.165, 1.54) is 42.4 Å². The Hall–Kier alpha value is -4.88. The minimum atomic E-state index is -0.918. The van der Waals surface area contributed by atoms with Gasteiger partial charge in [0.15, 0.2) is 5.79 Å². The van der Waals surface area contributed by atoms with Crippen molar-refractivity contribution in [3.05, 3.63) is 84.4 Å². The zero-order valence-electron chi connectivity index (χ0n) is 30.5. The first-order valence-electron chi connectivity index (χ1n) is 19.1. The molecule has 0 radical (unpaired) electrons. The number of nitrogens with one attached hydrogen (secondary N) is 3. The number of hydrogen-bond donors (Lipinski definition) is 3. The molecule has 12 nitrogen and oxygen atoms in total. The van der Waals surface area contributed by atoms with E-state index in [9.17, 15) is 9.59 Å². The van der Waals surface area contributed by atoms with Gasteiger partial charge >= 0.3 is 6.09 Å². The Bertz CT molecular complexity index is 2090. The van der Waals surface area contributed by atoms with E-state index in [0.29, 0.717) is 57.6 Å². The number of rotatable bonds is 8. The van der Waals surface area contributed by atoms with Crippen LogP contribution in [0.1, 0.15) is 56.0 Å². The molecule has 4 fully saturated rings. The van der Waals surface area contributed by atoms with Gasteiger partial charge < -0.3 is 39.5 Å². The number of nitrogens with zero attached hydrogens (tertiary/aromatic N) is 3. The molecule has 2 unspecified atom stereocenters. The number of amides is 2. The number of aliphatic imine (C=N–C) groups is 1. The van der Waals surface area contributed by atoms with Gasteiger partial charge in [0, 0.05) is 49.6 Å². The van der Waals surface area contributed by atoms with E-state index in [2.05, 4.69) is 76.3 Å². The van der Waals surface area contributed by atoms with Gasteiger partial charge in [-0.1, -0.05) is 48.5 Å². The van der Waals surface area contributed by atoms with Crippen LogP contribution in [0.5, 0.6) is 0 Å². The Balaban J connectivity index is 0.925. The number of imidazole rings is 1. The number of fused-ring (bicyclic) bond motifs is 1. The maximum Gasteiger partial charge on any atom is 0.407 e. The summed E-state index contributed by atoms with van der Waals surface area (Å²) < 4.78 is 22.7. The normalized spacial score (nSPS) is 23.2. The van der Waals surface area contributed by atoms with Crippen LogP contribution in [-0.4, -0.2) is 97.1 Å². The van der Waals surface area contributed by atoms with Crippen LogP contribution in [-0.2, 0) is 23.7 Å². The van der Waals surface area contributed by atoms with Crippen molar-refractivity contribution in [3.63, 3.8) is 0 Å². The fourth-order valence-electron chi connectivity index (χ4n) is 8.74. The number of methoxy groups -OCH3 is 1. The summed E-state index contributed by atoms with van der Waals surface area (Å²) in [5.41, 5.74) is 7.93. The number of carbonyl (C=O) groups is 2. The van der Waals surface area contributed by atoms with Crippen molar-refractivity contribution in [2.24, 2.45) is 10.9 Å². The molecule has 3 atom stereocenters. The third-order valence-electron chi connectivity index (χ3n) is 11.7. The topological polar surface area (TPSA) is 139 Å². The molecule has 2 amide bonds. The van der Waals surface area contributed by atoms with Crippen molar-refractivity contribution in [1.82, 2.24) is 25.5 Å². The van der Waals surface area contributed by atoms with Gasteiger partial charge in [0.1, 0.15) is 11.9 Å². The van der Waals surface area contributed by atoms with Crippen LogP contribution < -0.4 is 10.6 Å². The molecule has 0 aliphatic carbocycles.